The highest BCUT2D eigenvalue weighted by Crippen LogP contribution is 2.51. The van der Waals surface area contributed by atoms with Crippen molar-refractivity contribution in [1.29, 1.82) is 0 Å². The predicted octanol–water partition coefficient (Wildman–Crippen LogP) is 0.940. The number of rotatable bonds is 9. The molecule has 1 amide bonds. The fraction of sp³-hybridized carbons (Fsp3) is 0.762. The zero-order valence-corrected chi connectivity index (χ0v) is 18.6. The highest BCUT2D eigenvalue weighted by atomic mass is 32.2. The van der Waals surface area contributed by atoms with E-state index in [1.807, 2.05) is 0 Å². The number of aromatic nitrogens is 2. The first kappa shape index (κ1) is 20.9. The maximum atomic E-state index is 13.5. The number of esters is 1. The van der Waals surface area contributed by atoms with E-state index in [1.54, 1.807) is 16.5 Å². The fourth-order valence-electron chi connectivity index (χ4n) is 4.71. The number of nitrogens with zero attached hydrogens (tertiary/aromatic N) is 3. The molecule has 4 aliphatic rings. The van der Waals surface area contributed by atoms with Gasteiger partial charge in [-0.3, -0.25) is 9.48 Å². The number of ether oxygens (including phenoxy) is 1. The van der Waals surface area contributed by atoms with Gasteiger partial charge in [0.15, 0.2) is 15.5 Å². The van der Waals surface area contributed by atoms with Gasteiger partial charge in [0.05, 0.1) is 23.2 Å². The van der Waals surface area contributed by atoms with Crippen LogP contribution in [0.5, 0.6) is 0 Å². The van der Waals surface area contributed by atoms with Gasteiger partial charge in [-0.15, -0.1) is 0 Å². The maximum absolute atomic E-state index is 13.5. The van der Waals surface area contributed by atoms with E-state index >= 15 is 0 Å². The van der Waals surface area contributed by atoms with Crippen molar-refractivity contribution in [3.8, 4) is 0 Å². The van der Waals surface area contributed by atoms with Gasteiger partial charge >= 0.3 is 5.97 Å². The molecule has 31 heavy (non-hydrogen) atoms. The van der Waals surface area contributed by atoms with Crippen molar-refractivity contribution >= 4 is 21.7 Å². The number of sulfone groups is 1. The molecule has 2 heterocycles. The number of fused-ring (bicyclic) bond motifs is 1. The van der Waals surface area contributed by atoms with Crippen LogP contribution in [-0.2, 0) is 27.5 Å². The number of carbonyl (C=O) groups is 2. The largest absolute Gasteiger partial charge is 0.461 e. The second-order valence-corrected chi connectivity index (χ2v) is 12.2. The lowest BCUT2D eigenvalue weighted by molar-refractivity contribution is 0.0516. The van der Waals surface area contributed by atoms with Gasteiger partial charge in [-0.2, -0.15) is 5.10 Å². The first-order chi connectivity index (χ1) is 14.8. The Bertz CT molecular complexity index is 1030. The summed E-state index contributed by atoms with van der Waals surface area (Å²) in [6.07, 6.45) is 4.76. The number of hydrogen-bond donors (Lipinski definition) is 1. The van der Waals surface area contributed by atoms with Crippen LogP contribution in [0.3, 0.4) is 0 Å². The molecule has 1 N–H and O–H groups in total. The minimum atomic E-state index is -3.23. The molecule has 0 atom stereocenters. The zero-order chi connectivity index (χ0) is 22.0. The smallest absolute Gasteiger partial charge is 0.359 e. The van der Waals surface area contributed by atoms with Crippen LogP contribution in [0.25, 0.3) is 0 Å². The Morgan fingerprint density at radius 2 is 1.94 bits per heavy atom. The number of amides is 1. The van der Waals surface area contributed by atoms with Gasteiger partial charge < -0.3 is 14.7 Å². The van der Waals surface area contributed by atoms with Crippen molar-refractivity contribution in [2.75, 3.05) is 26.3 Å². The average molecular weight is 452 g/mol. The minimum Gasteiger partial charge on any atom is -0.461 e. The molecule has 170 valence electrons. The Morgan fingerprint density at radius 1 is 1.23 bits per heavy atom. The van der Waals surface area contributed by atoms with Crippen LogP contribution in [0.15, 0.2) is 0 Å². The number of aliphatic hydroxyl groups excluding tert-OH is 1. The van der Waals surface area contributed by atoms with E-state index in [4.69, 9.17) is 4.74 Å². The third kappa shape index (κ3) is 3.38. The highest BCUT2D eigenvalue weighted by molar-refractivity contribution is 7.94. The monoisotopic (exact) mass is 451 g/mol. The summed E-state index contributed by atoms with van der Waals surface area (Å²) in [5.41, 5.74) is 0.767. The SMILES string of the molecule is CCOC(=O)c1nn(CC2(CO)CC2)c2c1CCN(CC1(S(=O)(=O)C3CC3)CC1)C2=O. The number of aliphatic hydroxyl groups is 1. The molecule has 0 unspecified atom stereocenters. The Kier molecular flexibility index (Phi) is 4.75. The summed E-state index contributed by atoms with van der Waals surface area (Å²) in [5, 5.41) is 13.9. The third-order valence-corrected chi connectivity index (χ3v) is 10.4. The molecule has 0 spiro atoms. The highest BCUT2D eigenvalue weighted by Gasteiger charge is 2.60. The van der Waals surface area contributed by atoms with Gasteiger partial charge in [0.2, 0.25) is 0 Å². The maximum Gasteiger partial charge on any atom is 0.359 e. The number of hydrogen-bond acceptors (Lipinski definition) is 7. The van der Waals surface area contributed by atoms with Gasteiger partial charge in [0, 0.05) is 30.6 Å². The summed E-state index contributed by atoms with van der Waals surface area (Å²) >= 11 is 0. The molecule has 0 aromatic carbocycles. The fourth-order valence-corrected chi connectivity index (χ4v) is 7.19. The van der Waals surface area contributed by atoms with Crippen molar-refractivity contribution in [1.82, 2.24) is 14.7 Å². The predicted molar refractivity (Wildman–Crippen MR) is 110 cm³/mol. The van der Waals surface area contributed by atoms with Crippen LogP contribution in [0.2, 0.25) is 0 Å². The van der Waals surface area contributed by atoms with Crippen molar-refractivity contribution in [3.05, 3.63) is 17.0 Å². The van der Waals surface area contributed by atoms with E-state index in [2.05, 4.69) is 5.10 Å². The van der Waals surface area contributed by atoms with E-state index in [0.29, 0.717) is 43.6 Å². The van der Waals surface area contributed by atoms with Crippen LogP contribution < -0.4 is 0 Å². The van der Waals surface area contributed by atoms with E-state index in [9.17, 15) is 23.1 Å². The zero-order valence-electron chi connectivity index (χ0n) is 17.8. The Morgan fingerprint density at radius 3 is 2.48 bits per heavy atom. The topological polar surface area (TPSA) is 119 Å². The Labute approximate surface area is 181 Å². The van der Waals surface area contributed by atoms with Crippen molar-refractivity contribution < 1.29 is 27.9 Å². The molecular weight excluding hydrogens is 422 g/mol. The molecule has 3 aliphatic carbocycles. The second-order valence-electron chi connectivity index (χ2n) is 9.62. The van der Waals surface area contributed by atoms with E-state index < -0.39 is 20.6 Å². The lowest BCUT2D eigenvalue weighted by Gasteiger charge is -2.31. The first-order valence-electron chi connectivity index (χ1n) is 11.2. The standard InChI is InChI=1S/C21H29N3O6S/c1-2-30-19(27)16-15-5-10-23(12-21(8-9-21)31(28,29)14-3-4-14)18(26)17(15)24(22-16)11-20(13-25)6-7-20/h14,25H,2-13H2,1H3. The molecule has 0 radical (unpaired) electrons. The van der Waals surface area contributed by atoms with Crippen LogP contribution >= 0.6 is 0 Å². The van der Waals surface area contributed by atoms with Gasteiger partial charge in [-0.1, -0.05) is 0 Å². The van der Waals surface area contributed by atoms with Crippen LogP contribution in [0.4, 0.5) is 0 Å². The van der Waals surface area contributed by atoms with Crippen LogP contribution in [0.1, 0.15) is 72.0 Å². The summed E-state index contributed by atoms with van der Waals surface area (Å²) < 4.78 is 31.7. The van der Waals surface area contributed by atoms with Crippen molar-refractivity contribution in [3.63, 3.8) is 0 Å². The van der Waals surface area contributed by atoms with E-state index in [-0.39, 0.29) is 42.0 Å². The molecule has 3 fully saturated rings. The third-order valence-electron chi connectivity index (χ3n) is 7.27. The average Bonchev–Trinajstić information content (AvgIpc) is 3.59. The second kappa shape index (κ2) is 7.03. The summed E-state index contributed by atoms with van der Waals surface area (Å²) in [7, 11) is -3.23. The molecule has 1 aromatic rings. The molecule has 9 nitrogen and oxygen atoms in total. The molecular formula is C21H29N3O6S. The molecule has 1 aliphatic heterocycles. The van der Waals surface area contributed by atoms with Crippen molar-refractivity contribution in [2.24, 2.45) is 5.41 Å². The summed E-state index contributed by atoms with van der Waals surface area (Å²) in [4.78, 5) is 27.6. The summed E-state index contributed by atoms with van der Waals surface area (Å²) in [6, 6.07) is 0. The van der Waals surface area contributed by atoms with Gasteiger partial charge in [0.25, 0.3) is 5.91 Å². The molecule has 5 rings (SSSR count). The quantitative estimate of drug-likeness (QED) is 0.555. The van der Waals surface area contributed by atoms with Crippen molar-refractivity contribution in [2.45, 2.75) is 68.4 Å². The number of carbonyl (C=O) groups excluding carboxylic acids is 2. The van der Waals surface area contributed by atoms with Gasteiger partial charge in [-0.25, -0.2) is 13.2 Å². The molecule has 0 bridgehead atoms. The normalized spacial score (nSPS) is 23.4. The van der Waals surface area contributed by atoms with Crippen LogP contribution in [0, 0.1) is 5.41 Å². The lowest BCUT2D eigenvalue weighted by atomic mass is 10.0. The first-order valence-corrected chi connectivity index (χ1v) is 12.7. The van der Waals surface area contributed by atoms with Gasteiger partial charge in [0.1, 0.15) is 5.69 Å². The summed E-state index contributed by atoms with van der Waals surface area (Å²) in [5.74, 6) is -0.835. The van der Waals surface area contributed by atoms with Crippen LogP contribution in [-0.4, -0.2) is 76.4 Å². The lowest BCUT2D eigenvalue weighted by Crippen LogP contribution is -2.47. The minimum absolute atomic E-state index is 0.00296. The van der Waals surface area contributed by atoms with Gasteiger partial charge in [-0.05, 0) is 51.9 Å². The molecule has 0 saturated heterocycles. The Balaban J connectivity index is 1.45. The van der Waals surface area contributed by atoms with E-state index in [1.165, 1.54) is 0 Å². The molecule has 3 saturated carbocycles. The molecule has 1 aromatic heterocycles. The van der Waals surface area contributed by atoms with E-state index in [0.717, 1.165) is 25.7 Å². The molecule has 10 heteroatoms. The summed E-state index contributed by atoms with van der Waals surface area (Å²) in [6.45, 7) is 2.84. The Hall–Kier alpha value is -1.94.